The van der Waals surface area contributed by atoms with Crippen LogP contribution in [0.3, 0.4) is 0 Å². The van der Waals surface area contributed by atoms with Gasteiger partial charge in [-0.1, -0.05) is 12.1 Å². The number of hydrogen-bond acceptors (Lipinski definition) is 8. The van der Waals surface area contributed by atoms with Crippen molar-refractivity contribution >= 4 is 15.9 Å². The molecule has 1 aromatic heterocycles. The van der Waals surface area contributed by atoms with Crippen LogP contribution in [0.5, 0.6) is 23.5 Å². The quantitative estimate of drug-likeness (QED) is 0.757. The van der Waals surface area contributed by atoms with E-state index in [0.717, 1.165) is 0 Å². The summed E-state index contributed by atoms with van der Waals surface area (Å²) < 4.78 is 41.9. The van der Waals surface area contributed by atoms with Crippen molar-refractivity contribution in [3.8, 4) is 23.5 Å². The molecular weight excluding hydrogens is 374 g/mol. The van der Waals surface area contributed by atoms with Crippen LogP contribution in [0.4, 0.5) is 0 Å². The third kappa shape index (κ3) is 4.85. The number of sulfonamides is 1. The third-order valence-corrected chi connectivity index (χ3v) is 5.31. The van der Waals surface area contributed by atoms with Crippen molar-refractivity contribution in [1.82, 2.24) is 14.7 Å². The van der Waals surface area contributed by atoms with E-state index in [-0.39, 0.29) is 29.1 Å². The lowest BCUT2D eigenvalue weighted by molar-refractivity contribution is 0.0978. The molecule has 0 fully saturated rings. The van der Waals surface area contributed by atoms with Crippen molar-refractivity contribution in [2.45, 2.75) is 26.0 Å². The van der Waals surface area contributed by atoms with Gasteiger partial charge in [0.1, 0.15) is 5.75 Å². The maximum Gasteiger partial charge on any atom is 0.328 e. The number of hydrogen-bond donors (Lipinski definition) is 1. The SMILES string of the molecule is COc1cc(OC)nc(Oc2cccc(C)c2C(=O)NS(=O)(=O)C(C)C)n1. The fourth-order valence-electron chi connectivity index (χ4n) is 2.05. The van der Waals surface area contributed by atoms with Crippen LogP contribution in [0.25, 0.3) is 0 Å². The molecule has 0 bridgehead atoms. The summed E-state index contributed by atoms with van der Waals surface area (Å²) in [6.45, 7) is 4.61. The number of nitrogens with one attached hydrogen (secondary N) is 1. The molecule has 0 aliphatic carbocycles. The molecule has 0 saturated heterocycles. The lowest BCUT2D eigenvalue weighted by Crippen LogP contribution is -2.36. The summed E-state index contributed by atoms with van der Waals surface area (Å²) in [5.41, 5.74) is 0.589. The van der Waals surface area contributed by atoms with Gasteiger partial charge >= 0.3 is 6.01 Å². The molecule has 2 aromatic rings. The Labute approximate surface area is 157 Å². The highest BCUT2D eigenvalue weighted by atomic mass is 32.2. The van der Waals surface area contributed by atoms with E-state index < -0.39 is 21.2 Å². The van der Waals surface area contributed by atoms with Gasteiger partial charge in [0.2, 0.25) is 21.8 Å². The van der Waals surface area contributed by atoms with Crippen LogP contribution >= 0.6 is 0 Å². The summed E-state index contributed by atoms with van der Waals surface area (Å²) >= 11 is 0. The van der Waals surface area contributed by atoms with Crippen LogP contribution in [0.1, 0.15) is 29.8 Å². The Morgan fingerprint density at radius 3 is 2.22 bits per heavy atom. The maximum atomic E-state index is 12.6. The maximum absolute atomic E-state index is 12.6. The monoisotopic (exact) mass is 395 g/mol. The van der Waals surface area contributed by atoms with Gasteiger partial charge in [-0.05, 0) is 32.4 Å². The van der Waals surface area contributed by atoms with Gasteiger partial charge in [0.05, 0.1) is 31.1 Å². The minimum absolute atomic E-state index is 0.0621. The highest BCUT2D eigenvalue weighted by Gasteiger charge is 2.24. The number of methoxy groups -OCH3 is 2. The minimum Gasteiger partial charge on any atom is -0.481 e. The zero-order chi connectivity index (χ0) is 20.2. The number of nitrogens with zero attached hydrogens (tertiary/aromatic N) is 2. The van der Waals surface area contributed by atoms with Crippen molar-refractivity contribution in [3.05, 3.63) is 35.4 Å². The van der Waals surface area contributed by atoms with Gasteiger partial charge in [0.25, 0.3) is 5.91 Å². The number of rotatable bonds is 7. The predicted octanol–water partition coefficient (Wildman–Crippen LogP) is 2.06. The molecule has 0 unspecified atom stereocenters. The number of aromatic nitrogens is 2. The molecule has 9 nitrogen and oxygen atoms in total. The molecule has 1 aromatic carbocycles. The predicted molar refractivity (Wildman–Crippen MR) is 97.9 cm³/mol. The van der Waals surface area contributed by atoms with E-state index in [2.05, 4.69) is 9.97 Å². The summed E-state index contributed by atoms with van der Waals surface area (Å²) in [4.78, 5) is 20.7. The molecule has 27 heavy (non-hydrogen) atoms. The van der Waals surface area contributed by atoms with Crippen LogP contribution < -0.4 is 18.9 Å². The van der Waals surface area contributed by atoms with Gasteiger partial charge < -0.3 is 14.2 Å². The topological polar surface area (TPSA) is 117 Å². The third-order valence-electron chi connectivity index (χ3n) is 3.60. The molecule has 10 heteroatoms. The average Bonchev–Trinajstić information content (AvgIpc) is 2.60. The smallest absolute Gasteiger partial charge is 0.328 e. The fourth-order valence-corrected chi connectivity index (χ4v) is 2.65. The molecule has 0 aliphatic rings. The Bertz CT molecular complexity index is 921. The van der Waals surface area contributed by atoms with E-state index in [1.807, 2.05) is 4.72 Å². The molecule has 1 heterocycles. The summed E-state index contributed by atoms with van der Waals surface area (Å²) in [5, 5.41) is -0.763. The van der Waals surface area contributed by atoms with Gasteiger partial charge in [0, 0.05) is 0 Å². The zero-order valence-electron chi connectivity index (χ0n) is 15.6. The first-order chi connectivity index (χ1) is 12.7. The summed E-state index contributed by atoms with van der Waals surface area (Å²) in [7, 11) is -0.951. The summed E-state index contributed by atoms with van der Waals surface area (Å²) in [6.07, 6.45) is 0. The molecule has 1 N–H and O–H groups in total. The Kier molecular flexibility index (Phi) is 6.21. The highest BCUT2D eigenvalue weighted by Crippen LogP contribution is 2.28. The van der Waals surface area contributed by atoms with E-state index in [4.69, 9.17) is 14.2 Å². The largest absolute Gasteiger partial charge is 0.481 e. The van der Waals surface area contributed by atoms with E-state index in [1.165, 1.54) is 40.2 Å². The molecule has 0 aliphatic heterocycles. The van der Waals surface area contributed by atoms with Crippen molar-refractivity contribution < 1.29 is 27.4 Å². The molecule has 0 saturated carbocycles. The van der Waals surface area contributed by atoms with Crippen LogP contribution in [-0.2, 0) is 10.0 Å². The first-order valence-corrected chi connectivity index (χ1v) is 9.53. The van der Waals surface area contributed by atoms with Gasteiger partial charge in [-0.2, -0.15) is 9.97 Å². The lowest BCUT2D eigenvalue weighted by Gasteiger charge is -2.14. The lowest BCUT2D eigenvalue weighted by atomic mass is 10.1. The molecule has 0 radical (unpaired) electrons. The number of carbonyl (C=O) groups is 1. The molecular formula is C17H21N3O6S. The van der Waals surface area contributed by atoms with Crippen LogP contribution in [0.2, 0.25) is 0 Å². The first-order valence-electron chi connectivity index (χ1n) is 7.98. The molecule has 146 valence electrons. The average molecular weight is 395 g/mol. The van der Waals surface area contributed by atoms with Gasteiger partial charge in [-0.3, -0.25) is 4.79 Å². The van der Waals surface area contributed by atoms with Crippen LogP contribution in [0, 0.1) is 6.92 Å². The fraction of sp³-hybridized carbons (Fsp3) is 0.353. The van der Waals surface area contributed by atoms with Crippen LogP contribution in [-0.4, -0.2) is 43.8 Å². The summed E-state index contributed by atoms with van der Waals surface area (Å²) in [6, 6.07) is 6.19. The second-order valence-corrected chi connectivity index (χ2v) is 8.05. The van der Waals surface area contributed by atoms with E-state index in [1.54, 1.807) is 19.1 Å². The molecule has 2 rings (SSSR count). The van der Waals surface area contributed by atoms with Crippen molar-refractivity contribution in [3.63, 3.8) is 0 Å². The second-order valence-electron chi connectivity index (χ2n) is 5.81. The Morgan fingerprint density at radius 2 is 1.70 bits per heavy atom. The Balaban J connectivity index is 2.43. The van der Waals surface area contributed by atoms with E-state index in [9.17, 15) is 13.2 Å². The van der Waals surface area contributed by atoms with E-state index in [0.29, 0.717) is 5.56 Å². The normalized spacial score (nSPS) is 11.2. The number of benzene rings is 1. The van der Waals surface area contributed by atoms with Gasteiger partial charge in [-0.15, -0.1) is 0 Å². The molecule has 0 spiro atoms. The van der Waals surface area contributed by atoms with Crippen molar-refractivity contribution in [2.75, 3.05) is 14.2 Å². The number of ether oxygens (including phenoxy) is 3. The van der Waals surface area contributed by atoms with E-state index >= 15 is 0 Å². The van der Waals surface area contributed by atoms with Crippen molar-refractivity contribution in [1.29, 1.82) is 0 Å². The van der Waals surface area contributed by atoms with Crippen LogP contribution in [0.15, 0.2) is 24.3 Å². The Hall–Kier alpha value is -2.88. The number of carbonyl (C=O) groups excluding carboxylic acids is 1. The minimum atomic E-state index is -3.80. The highest BCUT2D eigenvalue weighted by molar-refractivity contribution is 7.90. The number of aryl methyl sites for hydroxylation is 1. The molecule has 0 atom stereocenters. The van der Waals surface area contributed by atoms with Crippen molar-refractivity contribution in [2.24, 2.45) is 0 Å². The first kappa shape index (κ1) is 20.4. The Morgan fingerprint density at radius 1 is 1.11 bits per heavy atom. The zero-order valence-corrected chi connectivity index (χ0v) is 16.5. The van der Waals surface area contributed by atoms with Gasteiger partial charge in [-0.25, -0.2) is 13.1 Å². The molecule has 1 amide bonds. The summed E-state index contributed by atoms with van der Waals surface area (Å²) in [5.74, 6) is -0.288. The standard InChI is InChI=1S/C17H21N3O6S/c1-10(2)27(22,23)20-16(21)15-11(3)7-6-8-12(15)26-17-18-13(24-4)9-14(19-17)25-5/h6-10H,1-5H3,(H,20,21). The second kappa shape index (κ2) is 8.21. The number of amides is 1. The van der Waals surface area contributed by atoms with Gasteiger partial charge in [0.15, 0.2) is 0 Å².